The predicted molar refractivity (Wildman–Crippen MR) is 36.4 cm³/mol. The highest BCUT2D eigenvalue weighted by Crippen LogP contribution is 2.08. The summed E-state index contributed by atoms with van der Waals surface area (Å²) in [6, 6.07) is 0. The fourth-order valence-corrected chi connectivity index (χ4v) is 0.421. The third-order valence-corrected chi connectivity index (χ3v) is 0.740. The molecule has 2 N–H and O–H groups in total. The Hall–Kier alpha value is 0.0500. The fourth-order valence-electron chi connectivity index (χ4n) is 0.292. The third kappa shape index (κ3) is 6.05. The van der Waals surface area contributed by atoms with Gasteiger partial charge in [0, 0.05) is 0 Å². The molecule has 0 aliphatic heterocycles. The van der Waals surface area contributed by atoms with Gasteiger partial charge in [0.05, 0.1) is 4.87 Å². The van der Waals surface area contributed by atoms with Gasteiger partial charge in [-0.05, 0) is 13.3 Å². The minimum atomic E-state index is -0.373. The molecule has 0 aromatic carbocycles. The van der Waals surface area contributed by atoms with E-state index < -0.39 is 0 Å². The first-order valence-corrected chi connectivity index (χ1v) is 2.63. The maximum atomic E-state index is 5.44. The Morgan fingerprint density at radius 3 is 2.43 bits per heavy atom. The minimum absolute atomic E-state index is 0.373. The van der Waals surface area contributed by atoms with E-state index in [-0.39, 0.29) is 4.87 Å². The molecule has 2 heteroatoms. The van der Waals surface area contributed by atoms with Crippen LogP contribution in [0.25, 0.3) is 0 Å². The standard InChI is InChI=1S/C5H11NS/c1-3-4-5(2,6)7/h3,7H,1,4,6H2,2H3. The van der Waals surface area contributed by atoms with Crippen LogP contribution in [0.5, 0.6) is 0 Å². The molecule has 0 radical (unpaired) electrons. The van der Waals surface area contributed by atoms with Crippen LogP contribution in [0.3, 0.4) is 0 Å². The van der Waals surface area contributed by atoms with Crippen molar-refractivity contribution >= 4 is 12.6 Å². The molecule has 0 rings (SSSR count). The molecule has 0 aliphatic carbocycles. The first kappa shape index (κ1) is 7.05. The van der Waals surface area contributed by atoms with E-state index in [0.717, 1.165) is 6.42 Å². The van der Waals surface area contributed by atoms with Crippen molar-refractivity contribution in [2.24, 2.45) is 5.73 Å². The summed E-state index contributed by atoms with van der Waals surface area (Å²) in [5, 5.41) is 0. The van der Waals surface area contributed by atoms with Gasteiger partial charge in [-0.15, -0.1) is 6.58 Å². The lowest BCUT2D eigenvalue weighted by Crippen LogP contribution is -2.27. The molecule has 0 spiro atoms. The summed E-state index contributed by atoms with van der Waals surface area (Å²) in [5.41, 5.74) is 5.44. The van der Waals surface area contributed by atoms with Gasteiger partial charge in [0.15, 0.2) is 0 Å². The number of rotatable bonds is 2. The molecule has 0 aliphatic rings. The molecule has 1 atom stereocenters. The van der Waals surface area contributed by atoms with E-state index in [1.165, 1.54) is 0 Å². The number of thiol groups is 1. The Labute approximate surface area is 50.0 Å². The quantitative estimate of drug-likeness (QED) is 0.317. The lowest BCUT2D eigenvalue weighted by Gasteiger charge is -2.12. The van der Waals surface area contributed by atoms with Crippen LogP contribution in [0.15, 0.2) is 12.7 Å². The summed E-state index contributed by atoms with van der Waals surface area (Å²) in [4.78, 5) is -0.373. The van der Waals surface area contributed by atoms with E-state index >= 15 is 0 Å². The zero-order chi connectivity index (χ0) is 5.91. The van der Waals surface area contributed by atoms with Crippen LogP contribution in [-0.4, -0.2) is 4.87 Å². The van der Waals surface area contributed by atoms with Crippen LogP contribution >= 0.6 is 12.6 Å². The molecule has 0 amide bonds. The van der Waals surface area contributed by atoms with Crippen LogP contribution in [-0.2, 0) is 0 Å². The van der Waals surface area contributed by atoms with Crippen molar-refractivity contribution in [3.05, 3.63) is 12.7 Å². The normalized spacial score (nSPS) is 18.1. The SMILES string of the molecule is C=CCC(C)(N)S. The first-order chi connectivity index (χ1) is 3.06. The van der Waals surface area contributed by atoms with Gasteiger partial charge in [-0.3, -0.25) is 0 Å². The molecule has 7 heavy (non-hydrogen) atoms. The Morgan fingerprint density at radius 2 is 2.43 bits per heavy atom. The van der Waals surface area contributed by atoms with Gasteiger partial charge in [-0.2, -0.15) is 12.6 Å². The van der Waals surface area contributed by atoms with Crippen LogP contribution in [0.4, 0.5) is 0 Å². The average molecular weight is 117 g/mol. The summed E-state index contributed by atoms with van der Waals surface area (Å²) < 4.78 is 0. The van der Waals surface area contributed by atoms with Gasteiger partial charge in [0.2, 0.25) is 0 Å². The molecule has 0 heterocycles. The number of hydrogen-bond donors (Lipinski definition) is 2. The van der Waals surface area contributed by atoms with E-state index in [0.29, 0.717) is 0 Å². The maximum Gasteiger partial charge on any atom is 0.0596 e. The summed E-state index contributed by atoms with van der Waals surface area (Å²) in [7, 11) is 0. The number of nitrogens with two attached hydrogens (primary N) is 1. The molecule has 0 fully saturated rings. The Kier molecular flexibility index (Phi) is 2.40. The zero-order valence-electron chi connectivity index (χ0n) is 4.52. The van der Waals surface area contributed by atoms with Gasteiger partial charge in [-0.1, -0.05) is 6.08 Å². The van der Waals surface area contributed by atoms with Gasteiger partial charge >= 0.3 is 0 Å². The molecular formula is C5H11NS. The summed E-state index contributed by atoms with van der Waals surface area (Å²) in [6.45, 7) is 5.36. The van der Waals surface area contributed by atoms with Crippen molar-refractivity contribution in [3.8, 4) is 0 Å². The van der Waals surface area contributed by atoms with Crippen LogP contribution in [0.2, 0.25) is 0 Å². The van der Waals surface area contributed by atoms with Crippen LogP contribution < -0.4 is 5.73 Å². The molecule has 0 aromatic rings. The second-order valence-electron chi connectivity index (χ2n) is 1.85. The average Bonchev–Trinajstić information content (AvgIpc) is 1.30. The van der Waals surface area contributed by atoms with E-state index in [2.05, 4.69) is 19.2 Å². The topological polar surface area (TPSA) is 26.0 Å². The van der Waals surface area contributed by atoms with Crippen LogP contribution in [0.1, 0.15) is 13.3 Å². The molecule has 1 unspecified atom stereocenters. The van der Waals surface area contributed by atoms with Crippen molar-refractivity contribution in [1.82, 2.24) is 0 Å². The highest BCUT2D eigenvalue weighted by molar-refractivity contribution is 7.81. The highest BCUT2D eigenvalue weighted by atomic mass is 32.1. The van der Waals surface area contributed by atoms with E-state index in [1.54, 1.807) is 6.08 Å². The largest absolute Gasteiger partial charge is 0.317 e. The second-order valence-corrected chi connectivity index (χ2v) is 2.87. The third-order valence-electron chi connectivity index (χ3n) is 0.558. The molecule has 42 valence electrons. The van der Waals surface area contributed by atoms with E-state index in [1.807, 2.05) is 6.92 Å². The molecule has 0 saturated heterocycles. The van der Waals surface area contributed by atoms with Crippen molar-refractivity contribution in [2.45, 2.75) is 18.2 Å². The van der Waals surface area contributed by atoms with Gasteiger partial charge in [0.25, 0.3) is 0 Å². The van der Waals surface area contributed by atoms with E-state index in [9.17, 15) is 0 Å². The lowest BCUT2D eigenvalue weighted by atomic mass is 10.2. The molecule has 0 saturated carbocycles. The Balaban J connectivity index is 3.34. The summed E-state index contributed by atoms with van der Waals surface area (Å²) in [5.74, 6) is 0. The van der Waals surface area contributed by atoms with Crippen LogP contribution in [0, 0.1) is 0 Å². The monoisotopic (exact) mass is 117 g/mol. The predicted octanol–water partition coefficient (Wildman–Crippen LogP) is 1.17. The molecular weight excluding hydrogens is 106 g/mol. The Morgan fingerprint density at radius 1 is 2.00 bits per heavy atom. The van der Waals surface area contributed by atoms with Crippen molar-refractivity contribution in [3.63, 3.8) is 0 Å². The minimum Gasteiger partial charge on any atom is -0.317 e. The van der Waals surface area contributed by atoms with Gasteiger partial charge in [-0.25, -0.2) is 0 Å². The smallest absolute Gasteiger partial charge is 0.0596 e. The van der Waals surface area contributed by atoms with Gasteiger partial charge < -0.3 is 5.73 Å². The van der Waals surface area contributed by atoms with E-state index in [4.69, 9.17) is 5.73 Å². The Bertz CT molecular complexity index is 63.0. The van der Waals surface area contributed by atoms with Crippen molar-refractivity contribution < 1.29 is 0 Å². The maximum absolute atomic E-state index is 5.44. The van der Waals surface area contributed by atoms with Gasteiger partial charge in [0.1, 0.15) is 0 Å². The molecule has 1 nitrogen and oxygen atoms in total. The first-order valence-electron chi connectivity index (χ1n) is 2.18. The fraction of sp³-hybridized carbons (Fsp3) is 0.600. The summed E-state index contributed by atoms with van der Waals surface area (Å²) >= 11 is 4.04. The molecule has 0 aromatic heterocycles. The van der Waals surface area contributed by atoms with Crippen molar-refractivity contribution in [2.75, 3.05) is 0 Å². The highest BCUT2D eigenvalue weighted by Gasteiger charge is 2.06. The lowest BCUT2D eigenvalue weighted by molar-refractivity contribution is 0.696. The molecule has 0 bridgehead atoms. The number of hydrogen-bond acceptors (Lipinski definition) is 2. The second kappa shape index (κ2) is 2.38. The van der Waals surface area contributed by atoms with Crippen molar-refractivity contribution in [1.29, 1.82) is 0 Å². The zero-order valence-corrected chi connectivity index (χ0v) is 5.41. The summed E-state index contributed by atoms with van der Waals surface area (Å²) in [6.07, 6.45) is 2.50.